The summed E-state index contributed by atoms with van der Waals surface area (Å²) in [5, 5.41) is 2.55. The van der Waals surface area contributed by atoms with E-state index in [-0.39, 0.29) is 0 Å². The molecule has 2 aromatic rings. The summed E-state index contributed by atoms with van der Waals surface area (Å²) in [6, 6.07) is 19.3. The van der Waals surface area contributed by atoms with E-state index in [4.69, 9.17) is 11.8 Å². The van der Waals surface area contributed by atoms with Crippen molar-refractivity contribution in [3.05, 3.63) is 72.2 Å². The fraction of sp³-hybridized carbons (Fsp3) is 0.176. The van der Waals surface area contributed by atoms with Crippen molar-refractivity contribution in [2.24, 2.45) is 0 Å². The summed E-state index contributed by atoms with van der Waals surface area (Å²) in [5.41, 5.74) is 2.40. The number of rotatable bonds is 4. The smallest absolute Gasteiger partial charge is 0.0688 e. The maximum absolute atomic E-state index is 6.15. The first kappa shape index (κ1) is 15.4. The van der Waals surface area contributed by atoms with E-state index in [0.29, 0.717) is 0 Å². The van der Waals surface area contributed by atoms with Gasteiger partial charge < -0.3 is 0 Å². The molecular weight excluding hydrogens is 295 g/mol. The zero-order valence-corrected chi connectivity index (χ0v) is 15.0. The zero-order chi connectivity index (χ0) is 14.6. The summed E-state index contributed by atoms with van der Waals surface area (Å²) in [6.07, 6.45) is 0. The van der Waals surface area contributed by atoms with Crippen molar-refractivity contribution in [3.8, 4) is 0 Å². The SMILES string of the molecule is C[Si](C)(C)/C=C/P(=S)(c1ccccc1)c1ccccc1. The number of hydrogen-bond acceptors (Lipinski definition) is 1. The van der Waals surface area contributed by atoms with Gasteiger partial charge in [-0.1, -0.05) is 104 Å². The second-order valence-corrected chi connectivity index (χ2v) is 15.5. The minimum absolute atomic E-state index is 1.25. The zero-order valence-electron chi connectivity index (χ0n) is 12.3. The van der Waals surface area contributed by atoms with Crippen LogP contribution < -0.4 is 10.6 Å². The molecule has 0 aliphatic heterocycles. The van der Waals surface area contributed by atoms with Crippen molar-refractivity contribution < 1.29 is 0 Å². The Labute approximate surface area is 128 Å². The van der Waals surface area contributed by atoms with Crippen LogP contribution in [0.2, 0.25) is 19.6 Å². The molecule has 2 aromatic carbocycles. The Morgan fingerprint density at radius 2 is 1.20 bits per heavy atom. The molecule has 0 atom stereocenters. The predicted octanol–water partition coefficient (Wildman–Crippen LogP) is 4.51. The molecule has 20 heavy (non-hydrogen) atoms. The minimum atomic E-state index is -1.83. The largest absolute Gasteiger partial charge is 0.0932 e. The van der Waals surface area contributed by atoms with E-state index in [1.165, 1.54) is 10.6 Å². The molecule has 0 aliphatic carbocycles. The number of hydrogen-bond donors (Lipinski definition) is 0. The maximum atomic E-state index is 6.15. The first-order valence-corrected chi connectivity index (χ1v) is 13.3. The van der Waals surface area contributed by atoms with Crippen molar-refractivity contribution in [2.45, 2.75) is 19.6 Å². The van der Waals surface area contributed by atoms with Gasteiger partial charge in [-0.2, -0.15) is 0 Å². The van der Waals surface area contributed by atoms with Gasteiger partial charge in [0.2, 0.25) is 0 Å². The third-order valence-electron chi connectivity index (χ3n) is 3.06. The van der Waals surface area contributed by atoms with Gasteiger partial charge in [0.05, 0.1) is 8.07 Å². The third kappa shape index (κ3) is 3.79. The topological polar surface area (TPSA) is 0 Å². The second-order valence-electron chi connectivity index (χ2n) is 6.01. The van der Waals surface area contributed by atoms with Crippen LogP contribution in [-0.4, -0.2) is 8.07 Å². The Kier molecular flexibility index (Phi) is 4.80. The Balaban J connectivity index is 2.56. The molecule has 3 heteroatoms. The van der Waals surface area contributed by atoms with Crippen molar-refractivity contribution in [1.29, 1.82) is 0 Å². The molecule has 0 amide bonds. The van der Waals surface area contributed by atoms with E-state index in [0.717, 1.165) is 0 Å². The summed E-state index contributed by atoms with van der Waals surface area (Å²) in [4.78, 5) is 0. The molecule has 0 N–H and O–H groups in total. The van der Waals surface area contributed by atoms with Crippen LogP contribution in [0.3, 0.4) is 0 Å². The highest BCUT2D eigenvalue weighted by Gasteiger charge is 2.20. The molecule has 0 saturated heterocycles. The highest BCUT2D eigenvalue weighted by molar-refractivity contribution is 8.23. The number of benzene rings is 2. The van der Waals surface area contributed by atoms with Crippen LogP contribution in [0.15, 0.2) is 72.2 Å². The summed E-state index contributed by atoms with van der Waals surface area (Å²) < 4.78 is 0. The summed E-state index contributed by atoms with van der Waals surface area (Å²) in [6.45, 7) is 7.04. The molecule has 0 heterocycles. The predicted molar refractivity (Wildman–Crippen MR) is 98.9 cm³/mol. The molecule has 0 nitrogen and oxygen atoms in total. The first-order valence-electron chi connectivity index (χ1n) is 6.83. The molecular formula is C17H21PSSi. The van der Waals surface area contributed by atoms with E-state index >= 15 is 0 Å². The van der Waals surface area contributed by atoms with E-state index < -0.39 is 14.1 Å². The fourth-order valence-electron chi connectivity index (χ4n) is 1.95. The molecule has 0 spiro atoms. The quantitative estimate of drug-likeness (QED) is 0.591. The van der Waals surface area contributed by atoms with E-state index in [1.54, 1.807) is 0 Å². The van der Waals surface area contributed by atoms with Gasteiger partial charge in [-0.25, -0.2) is 0 Å². The van der Waals surface area contributed by atoms with Gasteiger partial charge in [0.15, 0.2) is 0 Å². The van der Waals surface area contributed by atoms with Crippen LogP contribution >= 0.6 is 6.04 Å². The van der Waals surface area contributed by atoms with Gasteiger partial charge in [-0.3, -0.25) is 0 Å². The Hall–Kier alpha value is -0.953. The highest BCUT2D eigenvalue weighted by atomic mass is 32.4. The summed E-state index contributed by atoms with van der Waals surface area (Å²) in [7, 11) is -1.25. The van der Waals surface area contributed by atoms with Crippen molar-refractivity contribution in [3.63, 3.8) is 0 Å². The normalized spacial score (nSPS) is 12.8. The van der Waals surface area contributed by atoms with E-state index in [9.17, 15) is 0 Å². The van der Waals surface area contributed by atoms with Gasteiger partial charge >= 0.3 is 0 Å². The third-order valence-corrected chi connectivity index (χ3v) is 8.84. The van der Waals surface area contributed by atoms with Gasteiger partial charge in [0.1, 0.15) is 0 Å². The maximum Gasteiger partial charge on any atom is 0.0688 e. The van der Waals surface area contributed by atoms with Gasteiger partial charge in [0, 0.05) is 6.04 Å². The molecule has 0 aliphatic rings. The lowest BCUT2D eigenvalue weighted by Crippen LogP contribution is -2.18. The lowest BCUT2D eigenvalue weighted by atomic mass is 10.4. The van der Waals surface area contributed by atoms with Gasteiger partial charge in [-0.05, 0) is 10.6 Å². The standard InChI is InChI=1S/C17H21PSSi/c1-20(2,3)15-14-18(19,16-10-6-4-7-11-16)17-12-8-5-9-13-17/h4-15H,1-3H3/b15-14+. The van der Waals surface area contributed by atoms with E-state index in [1.807, 2.05) is 0 Å². The fourth-order valence-corrected chi connectivity index (χ4v) is 7.73. The summed E-state index contributed by atoms with van der Waals surface area (Å²) >= 11 is 6.15. The summed E-state index contributed by atoms with van der Waals surface area (Å²) in [5.74, 6) is 2.33. The molecule has 0 bridgehead atoms. The monoisotopic (exact) mass is 316 g/mol. The second kappa shape index (κ2) is 6.22. The van der Waals surface area contributed by atoms with Crippen molar-refractivity contribution in [1.82, 2.24) is 0 Å². The van der Waals surface area contributed by atoms with Gasteiger partial charge in [0.25, 0.3) is 0 Å². The molecule has 0 saturated carbocycles. The molecule has 0 radical (unpaired) electrons. The van der Waals surface area contributed by atoms with Crippen LogP contribution in [0.5, 0.6) is 0 Å². The highest BCUT2D eigenvalue weighted by Crippen LogP contribution is 2.45. The lowest BCUT2D eigenvalue weighted by molar-refractivity contribution is 1.75. The first-order chi connectivity index (χ1) is 9.42. The Morgan fingerprint density at radius 1 is 0.800 bits per heavy atom. The van der Waals surface area contributed by atoms with Crippen LogP contribution in [0, 0.1) is 0 Å². The van der Waals surface area contributed by atoms with Crippen LogP contribution in [0.25, 0.3) is 0 Å². The van der Waals surface area contributed by atoms with Crippen molar-refractivity contribution in [2.75, 3.05) is 0 Å². The molecule has 0 fully saturated rings. The average Bonchev–Trinajstić information content (AvgIpc) is 2.46. The van der Waals surface area contributed by atoms with Crippen molar-refractivity contribution >= 4 is 36.5 Å². The Morgan fingerprint density at radius 3 is 1.55 bits per heavy atom. The lowest BCUT2D eigenvalue weighted by Gasteiger charge is -2.21. The van der Waals surface area contributed by atoms with Gasteiger partial charge in [-0.15, -0.1) is 0 Å². The van der Waals surface area contributed by atoms with Crippen LogP contribution in [-0.2, 0) is 11.8 Å². The Bertz CT molecular complexity index is 584. The molecule has 2 rings (SSSR count). The molecule has 0 unspecified atom stereocenters. The van der Waals surface area contributed by atoms with Crippen LogP contribution in [0.1, 0.15) is 0 Å². The van der Waals surface area contributed by atoms with E-state index in [2.05, 4.69) is 91.8 Å². The molecule has 104 valence electrons. The average molecular weight is 316 g/mol. The molecule has 0 aromatic heterocycles. The minimum Gasteiger partial charge on any atom is -0.0932 e. The van der Waals surface area contributed by atoms with Crippen LogP contribution in [0.4, 0.5) is 0 Å².